The molecule has 2 nitrogen and oxygen atoms in total. The SMILES string of the molecule is CCC(CN(C)C)C(C#N)(c1ccccc1)c1ccccc1. The first-order valence-electron chi connectivity index (χ1n) is 7.82. The molecule has 0 fully saturated rings. The van der Waals surface area contributed by atoms with E-state index in [1.165, 1.54) is 0 Å². The van der Waals surface area contributed by atoms with Gasteiger partial charge in [0.1, 0.15) is 5.41 Å². The molecular formula is C20H24N2. The molecule has 0 spiro atoms. The molecule has 2 aromatic carbocycles. The van der Waals surface area contributed by atoms with Crippen molar-refractivity contribution in [2.24, 2.45) is 5.92 Å². The lowest BCUT2D eigenvalue weighted by molar-refractivity contribution is 0.266. The van der Waals surface area contributed by atoms with Gasteiger partial charge < -0.3 is 4.90 Å². The van der Waals surface area contributed by atoms with E-state index in [2.05, 4.69) is 56.3 Å². The van der Waals surface area contributed by atoms with Crippen LogP contribution < -0.4 is 0 Å². The third-order valence-corrected chi connectivity index (χ3v) is 4.33. The average molecular weight is 292 g/mol. The maximum Gasteiger partial charge on any atom is 0.111 e. The molecule has 22 heavy (non-hydrogen) atoms. The Kier molecular flexibility index (Phi) is 5.35. The molecule has 114 valence electrons. The van der Waals surface area contributed by atoms with Crippen molar-refractivity contribution in [2.75, 3.05) is 20.6 Å². The molecule has 0 aliphatic rings. The van der Waals surface area contributed by atoms with Gasteiger partial charge in [-0.1, -0.05) is 67.6 Å². The maximum absolute atomic E-state index is 10.2. The van der Waals surface area contributed by atoms with Crippen molar-refractivity contribution in [1.82, 2.24) is 4.90 Å². The quantitative estimate of drug-likeness (QED) is 0.802. The number of nitriles is 1. The number of benzene rings is 2. The first-order valence-corrected chi connectivity index (χ1v) is 7.82. The normalized spacial score (nSPS) is 12.9. The molecule has 0 saturated carbocycles. The van der Waals surface area contributed by atoms with Gasteiger partial charge in [0.15, 0.2) is 0 Å². The second-order valence-electron chi connectivity index (χ2n) is 6.02. The first-order chi connectivity index (χ1) is 10.6. The fourth-order valence-corrected chi connectivity index (χ4v) is 3.27. The minimum Gasteiger partial charge on any atom is -0.309 e. The molecule has 2 heteroatoms. The van der Waals surface area contributed by atoms with Crippen LogP contribution in [0, 0.1) is 17.2 Å². The molecule has 1 atom stereocenters. The zero-order chi connectivity index (χ0) is 16.0. The van der Waals surface area contributed by atoms with Crippen molar-refractivity contribution in [3.63, 3.8) is 0 Å². The average Bonchev–Trinajstić information content (AvgIpc) is 2.56. The summed E-state index contributed by atoms with van der Waals surface area (Å²) < 4.78 is 0. The van der Waals surface area contributed by atoms with E-state index in [9.17, 15) is 5.26 Å². The van der Waals surface area contributed by atoms with Gasteiger partial charge in [-0.15, -0.1) is 0 Å². The number of rotatable bonds is 6. The Morgan fingerprint density at radius 3 is 1.73 bits per heavy atom. The van der Waals surface area contributed by atoms with Crippen molar-refractivity contribution in [3.05, 3.63) is 71.8 Å². The molecule has 0 saturated heterocycles. The van der Waals surface area contributed by atoms with E-state index in [-0.39, 0.29) is 5.92 Å². The first kappa shape index (κ1) is 16.3. The van der Waals surface area contributed by atoms with Gasteiger partial charge in [0.05, 0.1) is 6.07 Å². The topological polar surface area (TPSA) is 27.0 Å². The van der Waals surface area contributed by atoms with Gasteiger partial charge in [0, 0.05) is 6.54 Å². The molecule has 0 aliphatic carbocycles. The van der Waals surface area contributed by atoms with E-state index < -0.39 is 5.41 Å². The second kappa shape index (κ2) is 7.24. The Morgan fingerprint density at radius 1 is 0.955 bits per heavy atom. The van der Waals surface area contributed by atoms with E-state index in [1.54, 1.807) is 0 Å². The summed E-state index contributed by atoms with van der Waals surface area (Å²) in [4.78, 5) is 2.17. The Labute approximate surface area is 134 Å². The minimum absolute atomic E-state index is 0.234. The van der Waals surface area contributed by atoms with E-state index in [0.29, 0.717) is 0 Å². The highest BCUT2D eigenvalue weighted by Gasteiger charge is 2.41. The van der Waals surface area contributed by atoms with Crippen molar-refractivity contribution in [1.29, 1.82) is 5.26 Å². The maximum atomic E-state index is 10.2. The Balaban J connectivity index is 2.65. The summed E-state index contributed by atoms with van der Waals surface area (Å²) in [5, 5.41) is 10.2. The van der Waals surface area contributed by atoms with Crippen LogP contribution in [-0.4, -0.2) is 25.5 Å². The van der Waals surface area contributed by atoms with Crippen LogP contribution in [-0.2, 0) is 5.41 Å². The van der Waals surface area contributed by atoms with Crippen molar-refractivity contribution >= 4 is 0 Å². The summed E-state index contributed by atoms with van der Waals surface area (Å²) in [7, 11) is 4.14. The van der Waals surface area contributed by atoms with Gasteiger partial charge in [-0.05, 0) is 37.6 Å². The van der Waals surface area contributed by atoms with Crippen LogP contribution in [0.4, 0.5) is 0 Å². The van der Waals surface area contributed by atoms with Gasteiger partial charge >= 0.3 is 0 Å². The molecule has 0 N–H and O–H groups in total. The fraction of sp³-hybridized carbons (Fsp3) is 0.350. The number of hydrogen-bond acceptors (Lipinski definition) is 2. The molecular weight excluding hydrogens is 268 g/mol. The van der Waals surface area contributed by atoms with Gasteiger partial charge in [-0.3, -0.25) is 0 Å². The highest BCUT2D eigenvalue weighted by molar-refractivity contribution is 5.47. The second-order valence-corrected chi connectivity index (χ2v) is 6.02. The monoisotopic (exact) mass is 292 g/mol. The Hall–Kier alpha value is -2.11. The largest absolute Gasteiger partial charge is 0.309 e. The number of hydrogen-bond donors (Lipinski definition) is 0. The van der Waals surface area contributed by atoms with Crippen LogP contribution in [0.1, 0.15) is 24.5 Å². The summed E-state index contributed by atoms with van der Waals surface area (Å²) in [5.41, 5.74) is 1.55. The third-order valence-electron chi connectivity index (χ3n) is 4.33. The van der Waals surface area contributed by atoms with Gasteiger partial charge in [0.25, 0.3) is 0 Å². The van der Waals surface area contributed by atoms with Gasteiger partial charge in [-0.25, -0.2) is 0 Å². The van der Waals surface area contributed by atoms with E-state index >= 15 is 0 Å². The smallest absolute Gasteiger partial charge is 0.111 e. The highest BCUT2D eigenvalue weighted by atomic mass is 15.1. The molecule has 0 aliphatic heterocycles. The molecule has 0 amide bonds. The minimum atomic E-state index is -0.610. The van der Waals surface area contributed by atoms with Crippen molar-refractivity contribution in [3.8, 4) is 6.07 Å². The predicted molar refractivity (Wildman–Crippen MR) is 91.6 cm³/mol. The fourth-order valence-electron chi connectivity index (χ4n) is 3.27. The standard InChI is InChI=1S/C20H24N2/c1-4-17(15-22(2)3)20(16-21,18-11-7-5-8-12-18)19-13-9-6-10-14-19/h5-14,17H,4,15H2,1-3H3. The van der Waals surface area contributed by atoms with Crippen LogP contribution in [0.15, 0.2) is 60.7 Å². The summed E-state index contributed by atoms with van der Waals surface area (Å²) in [6.45, 7) is 3.06. The van der Waals surface area contributed by atoms with E-state index in [4.69, 9.17) is 0 Å². The third kappa shape index (κ3) is 3.05. The lowest BCUT2D eigenvalue weighted by atomic mass is 9.65. The van der Waals surface area contributed by atoms with Crippen molar-refractivity contribution in [2.45, 2.75) is 18.8 Å². The van der Waals surface area contributed by atoms with Crippen LogP contribution in [0.5, 0.6) is 0 Å². The van der Waals surface area contributed by atoms with Gasteiger partial charge in [-0.2, -0.15) is 5.26 Å². The zero-order valence-electron chi connectivity index (χ0n) is 13.7. The summed E-state index contributed by atoms with van der Waals surface area (Å²) in [5.74, 6) is 0.234. The van der Waals surface area contributed by atoms with Crippen molar-refractivity contribution < 1.29 is 0 Å². The summed E-state index contributed by atoms with van der Waals surface area (Å²) in [6, 6.07) is 23.1. The molecule has 0 radical (unpaired) electrons. The number of nitrogens with zero attached hydrogens (tertiary/aromatic N) is 2. The molecule has 0 aromatic heterocycles. The molecule has 1 unspecified atom stereocenters. The van der Waals surface area contributed by atoms with Crippen LogP contribution in [0.25, 0.3) is 0 Å². The Morgan fingerprint density at radius 2 is 1.41 bits per heavy atom. The molecule has 2 rings (SSSR count). The predicted octanol–water partition coefficient (Wildman–Crippen LogP) is 4.08. The highest BCUT2D eigenvalue weighted by Crippen LogP contribution is 2.40. The van der Waals surface area contributed by atoms with Crippen LogP contribution >= 0.6 is 0 Å². The van der Waals surface area contributed by atoms with E-state index in [0.717, 1.165) is 24.1 Å². The summed E-state index contributed by atoms with van der Waals surface area (Å²) >= 11 is 0. The van der Waals surface area contributed by atoms with Crippen LogP contribution in [0.2, 0.25) is 0 Å². The van der Waals surface area contributed by atoms with E-state index in [1.807, 2.05) is 36.4 Å². The summed E-state index contributed by atoms with van der Waals surface area (Å²) in [6.07, 6.45) is 0.954. The molecule has 0 heterocycles. The lowest BCUT2D eigenvalue weighted by Crippen LogP contribution is -2.40. The zero-order valence-corrected chi connectivity index (χ0v) is 13.7. The lowest BCUT2D eigenvalue weighted by Gasteiger charge is -2.37. The van der Waals surface area contributed by atoms with Gasteiger partial charge in [0.2, 0.25) is 0 Å². The Bertz CT molecular complexity index is 572. The molecule has 0 bridgehead atoms. The van der Waals surface area contributed by atoms with Crippen LogP contribution in [0.3, 0.4) is 0 Å². The molecule has 2 aromatic rings.